The Morgan fingerprint density at radius 3 is 2.74 bits per heavy atom. The van der Waals surface area contributed by atoms with E-state index in [2.05, 4.69) is 22.4 Å². The lowest BCUT2D eigenvalue weighted by molar-refractivity contribution is 0.0591. The largest absolute Gasteiger partial charge is 0.355 e. The van der Waals surface area contributed by atoms with Crippen LogP contribution in [0.25, 0.3) is 22.2 Å². The zero-order valence-electron chi connectivity index (χ0n) is 14.9. The molecule has 0 radical (unpaired) electrons. The molecule has 1 aliphatic heterocycles. The smallest absolute Gasteiger partial charge is 0.276 e. The second-order valence-electron chi connectivity index (χ2n) is 6.97. The van der Waals surface area contributed by atoms with Gasteiger partial charge in [-0.1, -0.05) is 47.6 Å². The molecule has 0 aliphatic carbocycles. The fourth-order valence-electron chi connectivity index (χ4n) is 3.55. The van der Waals surface area contributed by atoms with Gasteiger partial charge in [-0.2, -0.15) is 5.10 Å². The Balaban J connectivity index is 1.32. The molecule has 1 amide bonds. The second-order valence-corrected chi connectivity index (χ2v) is 6.97. The third-order valence-corrected chi connectivity index (χ3v) is 5.08. The molecule has 0 unspecified atom stereocenters. The number of benzene rings is 2. The number of nitrogens with zero attached hydrogens (tertiary/aromatic N) is 4. The Hall–Kier alpha value is -3.41. The summed E-state index contributed by atoms with van der Waals surface area (Å²) in [7, 11) is 1.89. The Labute approximate surface area is 156 Å². The van der Waals surface area contributed by atoms with E-state index in [1.54, 1.807) is 15.6 Å². The van der Waals surface area contributed by atoms with E-state index >= 15 is 0 Å². The van der Waals surface area contributed by atoms with Crippen molar-refractivity contribution >= 4 is 16.8 Å². The summed E-state index contributed by atoms with van der Waals surface area (Å²) >= 11 is 0. The van der Waals surface area contributed by atoms with E-state index < -0.39 is 0 Å². The fourth-order valence-corrected chi connectivity index (χ4v) is 3.55. The summed E-state index contributed by atoms with van der Waals surface area (Å²) in [5.74, 6) is 0.884. The number of hydrogen-bond acceptors (Lipinski definition) is 4. The van der Waals surface area contributed by atoms with Crippen molar-refractivity contribution in [2.75, 3.05) is 13.1 Å². The summed E-state index contributed by atoms with van der Waals surface area (Å²) in [6, 6.07) is 17.9. The highest BCUT2D eigenvalue weighted by atomic mass is 16.5. The zero-order valence-corrected chi connectivity index (χ0v) is 14.9. The monoisotopic (exact) mass is 358 g/mol. The van der Waals surface area contributed by atoms with E-state index in [0.717, 1.165) is 16.5 Å². The molecule has 6 nitrogen and oxygen atoms in total. The third kappa shape index (κ3) is 2.79. The van der Waals surface area contributed by atoms with E-state index in [1.165, 1.54) is 5.56 Å². The summed E-state index contributed by atoms with van der Waals surface area (Å²) in [5, 5.41) is 9.45. The van der Waals surface area contributed by atoms with Crippen molar-refractivity contribution in [2.24, 2.45) is 7.05 Å². The molecule has 134 valence electrons. The van der Waals surface area contributed by atoms with E-state index in [9.17, 15) is 4.79 Å². The Kier molecular flexibility index (Phi) is 3.57. The van der Waals surface area contributed by atoms with Crippen LogP contribution in [0.5, 0.6) is 0 Å². The topological polar surface area (TPSA) is 64.2 Å². The maximum Gasteiger partial charge on any atom is 0.276 e. The molecule has 2 aromatic carbocycles. The van der Waals surface area contributed by atoms with Crippen LogP contribution >= 0.6 is 0 Å². The summed E-state index contributed by atoms with van der Waals surface area (Å²) in [4.78, 5) is 14.5. The zero-order chi connectivity index (χ0) is 18.4. The number of aromatic nitrogens is 3. The molecular formula is C21H18N4O2. The first-order valence-corrected chi connectivity index (χ1v) is 8.92. The molecule has 0 saturated carbocycles. The number of fused-ring (bicyclic) bond motifs is 1. The molecule has 27 heavy (non-hydrogen) atoms. The normalized spacial score (nSPS) is 14.5. The van der Waals surface area contributed by atoms with Crippen molar-refractivity contribution in [3.63, 3.8) is 0 Å². The Bertz CT molecular complexity index is 1120. The highest BCUT2D eigenvalue weighted by molar-refractivity contribution is 5.94. The Morgan fingerprint density at radius 2 is 1.93 bits per heavy atom. The Morgan fingerprint density at radius 1 is 1.11 bits per heavy atom. The fraction of sp³-hybridized carbons (Fsp3) is 0.190. The van der Waals surface area contributed by atoms with Gasteiger partial charge >= 0.3 is 0 Å². The molecule has 0 spiro atoms. The first-order chi connectivity index (χ1) is 13.2. The molecule has 1 aliphatic rings. The molecule has 0 bridgehead atoms. The lowest BCUT2D eigenvalue weighted by Gasteiger charge is -2.39. The molecule has 3 heterocycles. The highest BCUT2D eigenvalue weighted by Gasteiger charge is 2.33. The van der Waals surface area contributed by atoms with Crippen molar-refractivity contribution in [2.45, 2.75) is 5.92 Å². The van der Waals surface area contributed by atoms with E-state index in [1.807, 2.05) is 49.6 Å². The van der Waals surface area contributed by atoms with Gasteiger partial charge < -0.3 is 9.42 Å². The maximum atomic E-state index is 12.7. The van der Waals surface area contributed by atoms with Crippen molar-refractivity contribution < 1.29 is 9.32 Å². The SMILES string of the molecule is Cn1cc2ccc(-c3cc(C(=O)N4CC(c5ccccc5)C4)no3)cc2n1. The van der Waals surface area contributed by atoms with Gasteiger partial charge in [-0.3, -0.25) is 9.48 Å². The van der Waals surface area contributed by atoms with Gasteiger partial charge in [0, 0.05) is 49.3 Å². The quantitative estimate of drug-likeness (QED) is 0.562. The minimum atomic E-state index is -0.0869. The van der Waals surface area contributed by atoms with Gasteiger partial charge in [0.05, 0.1) is 5.52 Å². The first kappa shape index (κ1) is 15.8. The summed E-state index contributed by atoms with van der Waals surface area (Å²) in [6.45, 7) is 1.43. The summed E-state index contributed by atoms with van der Waals surface area (Å²) in [6.07, 6.45) is 1.96. The van der Waals surface area contributed by atoms with Crippen molar-refractivity contribution in [1.29, 1.82) is 0 Å². The average Bonchev–Trinajstić information content (AvgIpc) is 3.26. The van der Waals surface area contributed by atoms with Gasteiger partial charge in [0.25, 0.3) is 5.91 Å². The number of amides is 1. The van der Waals surface area contributed by atoms with E-state index in [-0.39, 0.29) is 5.91 Å². The van der Waals surface area contributed by atoms with Crippen molar-refractivity contribution in [3.05, 3.63) is 72.1 Å². The number of aryl methyl sites for hydroxylation is 1. The van der Waals surface area contributed by atoms with Gasteiger partial charge in [-0.25, -0.2) is 0 Å². The lowest BCUT2D eigenvalue weighted by Crippen LogP contribution is -2.48. The molecule has 0 N–H and O–H groups in total. The summed E-state index contributed by atoms with van der Waals surface area (Å²) in [5.41, 5.74) is 3.36. The summed E-state index contributed by atoms with van der Waals surface area (Å²) < 4.78 is 7.20. The number of carbonyl (C=O) groups is 1. The number of rotatable bonds is 3. The van der Waals surface area contributed by atoms with Crippen LogP contribution in [-0.2, 0) is 7.05 Å². The molecule has 4 aromatic rings. The van der Waals surface area contributed by atoms with Gasteiger partial charge in [0.15, 0.2) is 11.5 Å². The lowest BCUT2D eigenvalue weighted by atomic mass is 9.91. The standard InChI is InChI=1S/C21H18N4O2/c1-24-11-16-8-7-15(9-18(16)22-24)20-10-19(23-27-20)21(26)25-12-17(13-25)14-5-3-2-4-6-14/h2-11,17H,12-13H2,1H3. The molecular weight excluding hydrogens is 340 g/mol. The average molecular weight is 358 g/mol. The maximum absolute atomic E-state index is 12.7. The van der Waals surface area contributed by atoms with Crippen LogP contribution in [0.2, 0.25) is 0 Å². The molecule has 1 fully saturated rings. The van der Waals surface area contributed by atoms with Crippen LogP contribution in [-0.4, -0.2) is 38.8 Å². The van der Waals surface area contributed by atoms with Crippen molar-refractivity contribution in [1.82, 2.24) is 19.8 Å². The van der Waals surface area contributed by atoms with Gasteiger partial charge in [0.1, 0.15) is 0 Å². The molecule has 6 heteroatoms. The minimum absolute atomic E-state index is 0.0869. The number of carbonyl (C=O) groups excluding carboxylic acids is 1. The van der Waals surface area contributed by atoms with E-state index in [4.69, 9.17) is 4.52 Å². The molecule has 1 saturated heterocycles. The van der Waals surface area contributed by atoms with Gasteiger partial charge in [-0.15, -0.1) is 0 Å². The van der Waals surface area contributed by atoms with Crippen LogP contribution < -0.4 is 0 Å². The third-order valence-electron chi connectivity index (χ3n) is 5.08. The molecule has 5 rings (SSSR count). The first-order valence-electron chi connectivity index (χ1n) is 8.92. The van der Waals surface area contributed by atoms with Crippen LogP contribution in [0.15, 0.2) is 65.3 Å². The van der Waals surface area contributed by atoms with Crippen LogP contribution in [0.1, 0.15) is 22.0 Å². The second kappa shape index (κ2) is 6.09. The molecule has 0 atom stereocenters. The van der Waals surface area contributed by atoms with E-state index in [0.29, 0.717) is 30.5 Å². The highest BCUT2D eigenvalue weighted by Crippen LogP contribution is 2.29. The molecule has 2 aromatic heterocycles. The van der Waals surface area contributed by atoms with Crippen molar-refractivity contribution in [3.8, 4) is 11.3 Å². The number of likely N-dealkylation sites (tertiary alicyclic amines) is 1. The predicted octanol–water partition coefficient (Wildman–Crippen LogP) is 3.47. The van der Waals surface area contributed by atoms with Crippen LogP contribution in [0.4, 0.5) is 0 Å². The number of hydrogen-bond donors (Lipinski definition) is 0. The van der Waals surface area contributed by atoms with Crippen LogP contribution in [0.3, 0.4) is 0 Å². The van der Waals surface area contributed by atoms with Gasteiger partial charge in [0.2, 0.25) is 0 Å². The van der Waals surface area contributed by atoms with Crippen LogP contribution in [0, 0.1) is 0 Å². The predicted molar refractivity (Wildman–Crippen MR) is 101 cm³/mol. The minimum Gasteiger partial charge on any atom is -0.355 e. The van der Waals surface area contributed by atoms with Gasteiger partial charge in [-0.05, 0) is 11.6 Å².